The van der Waals surface area contributed by atoms with Crippen LogP contribution in [0.4, 0.5) is 11.6 Å². The Hall–Kier alpha value is -2.18. The summed E-state index contributed by atoms with van der Waals surface area (Å²) in [5.41, 5.74) is 13.7. The van der Waals surface area contributed by atoms with Gasteiger partial charge in [0.25, 0.3) is 0 Å². The zero-order chi connectivity index (χ0) is 15.4. The SMILES string of the molecule is Nc1ccc(CN2CCN(Cc3ccc(N)nc3)CC2)cn1. The summed E-state index contributed by atoms with van der Waals surface area (Å²) in [7, 11) is 0. The van der Waals surface area contributed by atoms with Gasteiger partial charge in [-0.05, 0) is 23.3 Å². The number of piperazine rings is 1. The Labute approximate surface area is 130 Å². The summed E-state index contributed by atoms with van der Waals surface area (Å²) >= 11 is 0. The van der Waals surface area contributed by atoms with Crippen molar-refractivity contribution < 1.29 is 0 Å². The molecule has 0 radical (unpaired) electrons. The lowest BCUT2D eigenvalue weighted by molar-refractivity contribution is 0.122. The van der Waals surface area contributed by atoms with E-state index in [2.05, 4.69) is 31.9 Å². The summed E-state index contributed by atoms with van der Waals surface area (Å²) in [4.78, 5) is 13.2. The summed E-state index contributed by atoms with van der Waals surface area (Å²) in [6.45, 7) is 6.12. The standard InChI is InChI=1S/C16H22N6/c17-15-3-1-13(9-19-15)11-21-5-7-22(8-6-21)12-14-2-4-16(18)20-10-14/h1-4,9-10H,5-8,11-12H2,(H2,17,19)(H2,18,20). The van der Waals surface area contributed by atoms with E-state index in [0.717, 1.165) is 39.3 Å². The Balaban J connectivity index is 1.47. The van der Waals surface area contributed by atoms with E-state index in [4.69, 9.17) is 11.5 Å². The van der Waals surface area contributed by atoms with Crippen molar-refractivity contribution in [3.05, 3.63) is 47.8 Å². The van der Waals surface area contributed by atoms with Gasteiger partial charge in [-0.25, -0.2) is 9.97 Å². The average molecular weight is 298 g/mol. The molecule has 0 bridgehead atoms. The highest BCUT2D eigenvalue weighted by molar-refractivity contribution is 5.30. The molecule has 2 aromatic rings. The molecule has 4 N–H and O–H groups in total. The first-order valence-electron chi connectivity index (χ1n) is 7.54. The monoisotopic (exact) mass is 298 g/mol. The van der Waals surface area contributed by atoms with Crippen molar-refractivity contribution in [3.63, 3.8) is 0 Å². The first kappa shape index (κ1) is 14.7. The van der Waals surface area contributed by atoms with E-state index in [1.165, 1.54) is 11.1 Å². The highest BCUT2D eigenvalue weighted by atomic mass is 15.3. The molecule has 1 fully saturated rings. The molecule has 116 valence electrons. The zero-order valence-corrected chi connectivity index (χ0v) is 12.7. The van der Waals surface area contributed by atoms with Crippen molar-refractivity contribution in [3.8, 4) is 0 Å². The largest absolute Gasteiger partial charge is 0.384 e. The Bertz CT molecular complexity index is 532. The van der Waals surface area contributed by atoms with E-state index in [0.29, 0.717) is 11.6 Å². The van der Waals surface area contributed by atoms with Gasteiger partial charge in [0.2, 0.25) is 0 Å². The fraction of sp³-hybridized carbons (Fsp3) is 0.375. The van der Waals surface area contributed by atoms with Crippen LogP contribution in [-0.4, -0.2) is 45.9 Å². The topological polar surface area (TPSA) is 84.3 Å². The Morgan fingerprint density at radius 1 is 0.727 bits per heavy atom. The molecule has 0 unspecified atom stereocenters. The summed E-state index contributed by atoms with van der Waals surface area (Å²) in [6.07, 6.45) is 3.73. The second-order valence-electron chi connectivity index (χ2n) is 5.73. The van der Waals surface area contributed by atoms with E-state index < -0.39 is 0 Å². The number of anilines is 2. The van der Waals surface area contributed by atoms with Crippen molar-refractivity contribution in [1.82, 2.24) is 19.8 Å². The maximum absolute atomic E-state index is 5.62. The summed E-state index contributed by atoms with van der Waals surface area (Å²) < 4.78 is 0. The van der Waals surface area contributed by atoms with Gasteiger partial charge in [-0.3, -0.25) is 9.80 Å². The highest BCUT2D eigenvalue weighted by Crippen LogP contribution is 2.12. The Morgan fingerprint density at radius 2 is 1.14 bits per heavy atom. The third-order valence-electron chi connectivity index (χ3n) is 3.97. The minimum Gasteiger partial charge on any atom is -0.384 e. The molecule has 0 aliphatic carbocycles. The van der Waals surface area contributed by atoms with Gasteiger partial charge in [-0.15, -0.1) is 0 Å². The molecular weight excluding hydrogens is 276 g/mol. The predicted molar refractivity (Wildman–Crippen MR) is 87.9 cm³/mol. The van der Waals surface area contributed by atoms with E-state index in [9.17, 15) is 0 Å². The summed E-state index contributed by atoms with van der Waals surface area (Å²) in [5.74, 6) is 1.15. The molecule has 1 saturated heterocycles. The minimum atomic E-state index is 0.575. The van der Waals surface area contributed by atoms with Crippen molar-refractivity contribution >= 4 is 11.6 Å². The second kappa shape index (κ2) is 6.72. The van der Waals surface area contributed by atoms with Crippen molar-refractivity contribution in [2.75, 3.05) is 37.6 Å². The number of nitrogen functional groups attached to an aromatic ring is 2. The molecular formula is C16H22N6. The molecule has 1 aliphatic rings. The third-order valence-corrected chi connectivity index (χ3v) is 3.97. The van der Waals surface area contributed by atoms with Gasteiger partial charge in [-0.1, -0.05) is 12.1 Å². The van der Waals surface area contributed by atoms with Gasteiger partial charge >= 0.3 is 0 Å². The van der Waals surface area contributed by atoms with Crippen LogP contribution in [0.25, 0.3) is 0 Å². The van der Waals surface area contributed by atoms with Gasteiger partial charge in [0.1, 0.15) is 11.6 Å². The van der Waals surface area contributed by atoms with Crippen LogP contribution in [0.15, 0.2) is 36.7 Å². The quantitative estimate of drug-likeness (QED) is 0.874. The average Bonchev–Trinajstić information content (AvgIpc) is 2.54. The number of nitrogens with zero attached hydrogens (tertiary/aromatic N) is 4. The molecule has 0 saturated carbocycles. The third kappa shape index (κ3) is 3.93. The van der Waals surface area contributed by atoms with Crippen LogP contribution in [0.5, 0.6) is 0 Å². The molecule has 6 heteroatoms. The van der Waals surface area contributed by atoms with Gasteiger partial charge in [0.05, 0.1) is 0 Å². The zero-order valence-electron chi connectivity index (χ0n) is 12.7. The maximum atomic E-state index is 5.62. The predicted octanol–water partition coefficient (Wildman–Crippen LogP) is 0.959. The Kier molecular flexibility index (Phi) is 4.50. The number of rotatable bonds is 4. The molecule has 2 aromatic heterocycles. The number of aromatic nitrogens is 2. The van der Waals surface area contributed by atoms with Gasteiger partial charge in [0.15, 0.2) is 0 Å². The lowest BCUT2D eigenvalue weighted by Crippen LogP contribution is -2.45. The minimum absolute atomic E-state index is 0.575. The van der Waals surface area contributed by atoms with Crippen LogP contribution in [0.1, 0.15) is 11.1 Å². The van der Waals surface area contributed by atoms with E-state index in [1.807, 2.05) is 24.5 Å². The van der Waals surface area contributed by atoms with Gasteiger partial charge in [-0.2, -0.15) is 0 Å². The summed E-state index contributed by atoms with van der Waals surface area (Å²) in [5, 5.41) is 0. The molecule has 22 heavy (non-hydrogen) atoms. The van der Waals surface area contributed by atoms with Crippen LogP contribution in [-0.2, 0) is 13.1 Å². The number of pyridine rings is 2. The van der Waals surface area contributed by atoms with Crippen LogP contribution in [0.3, 0.4) is 0 Å². The molecule has 0 amide bonds. The second-order valence-corrected chi connectivity index (χ2v) is 5.73. The van der Waals surface area contributed by atoms with E-state index >= 15 is 0 Å². The Morgan fingerprint density at radius 3 is 1.45 bits per heavy atom. The van der Waals surface area contributed by atoms with Gasteiger partial charge < -0.3 is 11.5 Å². The first-order valence-corrected chi connectivity index (χ1v) is 7.54. The summed E-state index contributed by atoms with van der Waals surface area (Å²) in [6, 6.07) is 7.82. The maximum Gasteiger partial charge on any atom is 0.123 e. The van der Waals surface area contributed by atoms with Crippen molar-refractivity contribution in [2.45, 2.75) is 13.1 Å². The lowest BCUT2D eigenvalue weighted by atomic mass is 10.2. The molecule has 1 aliphatic heterocycles. The molecule has 0 spiro atoms. The fourth-order valence-electron chi connectivity index (χ4n) is 2.68. The van der Waals surface area contributed by atoms with Crippen molar-refractivity contribution in [1.29, 1.82) is 0 Å². The molecule has 0 aromatic carbocycles. The number of hydrogen-bond donors (Lipinski definition) is 2. The molecule has 3 rings (SSSR count). The molecule has 6 nitrogen and oxygen atoms in total. The molecule has 0 atom stereocenters. The lowest BCUT2D eigenvalue weighted by Gasteiger charge is -2.34. The first-order chi connectivity index (χ1) is 10.7. The number of nitrogens with two attached hydrogens (primary N) is 2. The highest BCUT2D eigenvalue weighted by Gasteiger charge is 2.17. The van der Waals surface area contributed by atoms with E-state index in [1.54, 1.807) is 0 Å². The fourth-order valence-corrected chi connectivity index (χ4v) is 2.68. The number of hydrogen-bond acceptors (Lipinski definition) is 6. The van der Waals surface area contributed by atoms with Crippen LogP contribution < -0.4 is 11.5 Å². The smallest absolute Gasteiger partial charge is 0.123 e. The van der Waals surface area contributed by atoms with E-state index in [-0.39, 0.29) is 0 Å². The van der Waals surface area contributed by atoms with Crippen molar-refractivity contribution in [2.24, 2.45) is 0 Å². The molecule has 3 heterocycles. The normalized spacial score (nSPS) is 16.7. The van der Waals surface area contributed by atoms with Crippen LogP contribution in [0.2, 0.25) is 0 Å². The van der Waals surface area contributed by atoms with Crippen LogP contribution in [0, 0.1) is 0 Å². The van der Waals surface area contributed by atoms with Crippen LogP contribution >= 0.6 is 0 Å². The van der Waals surface area contributed by atoms with Gasteiger partial charge in [0, 0.05) is 51.7 Å².